The molecule has 1 saturated heterocycles. The minimum atomic E-state index is -0.597. The maximum absolute atomic E-state index is 12.8. The van der Waals surface area contributed by atoms with Crippen molar-refractivity contribution in [1.29, 1.82) is 0 Å². The highest BCUT2D eigenvalue weighted by atomic mass is 16.6. The van der Waals surface area contributed by atoms with Crippen LogP contribution < -0.4 is 0 Å². The first kappa shape index (κ1) is 22.1. The number of hydrogen-bond acceptors (Lipinski definition) is 5. The van der Waals surface area contributed by atoms with Crippen LogP contribution in [0.3, 0.4) is 0 Å². The molecular formula is C24H36O5. The molecule has 0 bridgehead atoms. The van der Waals surface area contributed by atoms with Gasteiger partial charge in [-0.05, 0) is 63.4 Å². The molecule has 1 heterocycles. The molecule has 3 aliphatic rings. The van der Waals surface area contributed by atoms with Crippen LogP contribution in [0, 0.1) is 23.2 Å². The second kappa shape index (κ2) is 9.03. The number of aliphatic hydroxyl groups excluding tert-OH is 1. The van der Waals surface area contributed by atoms with Gasteiger partial charge in [-0.2, -0.15) is 0 Å². The number of aliphatic hydroxyl groups is 1. The Labute approximate surface area is 174 Å². The summed E-state index contributed by atoms with van der Waals surface area (Å²) in [7, 11) is 0. The molecule has 1 N–H and O–H groups in total. The quantitative estimate of drug-likeness (QED) is 0.667. The van der Waals surface area contributed by atoms with Crippen molar-refractivity contribution in [3.8, 4) is 0 Å². The molecule has 0 radical (unpaired) electrons. The van der Waals surface area contributed by atoms with Crippen LogP contribution in [0.2, 0.25) is 0 Å². The Morgan fingerprint density at radius 3 is 2.79 bits per heavy atom. The molecule has 0 spiro atoms. The second-order valence-electron chi connectivity index (χ2n) is 9.65. The molecular weight excluding hydrogens is 368 g/mol. The number of hydrogen-bond donors (Lipinski definition) is 1. The number of rotatable bonds is 6. The molecule has 2 aliphatic carbocycles. The summed E-state index contributed by atoms with van der Waals surface area (Å²) in [6, 6.07) is 0. The van der Waals surface area contributed by atoms with E-state index in [1.165, 1.54) is 5.57 Å². The van der Waals surface area contributed by atoms with Crippen molar-refractivity contribution in [2.45, 2.75) is 91.0 Å². The van der Waals surface area contributed by atoms with Gasteiger partial charge in [0.25, 0.3) is 0 Å². The lowest BCUT2D eigenvalue weighted by Crippen LogP contribution is -2.42. The van der Waals surface area contributed by atoms with Crippen LogP contribution in [-0.2, 0) is 19.1 Å². The molecule has 162 valence electrons. The van der Waals surface area contributed by atoms with E-state index >= 15 is 0 Å². The fraction of sp³-hybridized carbons (Fsp3) is 0.750. The SMILES string of the molecule is CCC(C)(C)C(=O)O[C@H]1CCC=C2C=C[C@H](C)[C@H](CC[C@@H]3C[C@@H](O)CC(=O)O3)[C@H]21. The minimum absolute atomic E-state index is 0.0970. The largest absolute Gasteiger partial charge is 0.462 e. The van der Waals surface area contributed by atoms with Crippen molar-refractivity contribution in [2.75, 3.05) is 0 Å². The van der Waals surface area contributed by atoms with Crippen LogP contribution in [0.5, 0.6) is 0 Å². The molecule has 29 heavy (non-hydrogen) atoms. The molecule has 6 atom stereocenters. The average Bonchev–Trinajstić information content (AvgIpc) is 2.66. The Kier molecular flexibility index (Phi) is 6.87. The summed E-state index contributed by atoms with van der Waals surface area (Å²) in [6.07, 6.45) is 10.5. The number of cyclic esters (lactones) is 1. The summed E-state index contributed by atoms with van der Waals surface area (Å²) in [4.78, 5) is 24.4. The third-order valence-corrected chi connectivity index (χ3v) is 7.10. The van der Waals surface area contributed by atoms with Crippen molar-refractivity contribution in [3.05, 3.63) is 23.8 Å². The third kappa shape index (κ3) is 5.11. The summed E-state index contributed by atoms with van der Waals surface area (Å²) in [6.45, 7) is 8.11. The molecule has 0 aromatic heterocycles. The van der Waals surface area contributed by atoms with Gasteiger partial charge in [0.15, 0.2) is 0 Å². The smallest absolute Gasteiger partial charge is 0.311 e. The molecule has 0 unspecified atom stereocenters. The number of allylic oxidation sites excluding steroid dienone is 3. The van der Waals surface area contributed by atoms with E-state index in [1.54, 1.807) is 0 Å². The summed E-state index contributed by atoms with van der Waals surface area (Å²) in [5.74, 6) is 0.449. The summed E-state index contributed by atoms with van der Waals surface area (Å²) in [5.41, 5.74) is 0.798. The first-order chi connectivity index (χ1) is 13.7. The van der Waals surface area contributed by atoms with Crippen molar-refractivity contribution < 1.29 is 24.2 Å². The first-order valence-corrected chi connectivity index (χ1v) is 11.2. The molecule has 1 fully saturated rings. The van der Waals surface area contributed by atoms with Crippen LogP contribution in [0.4, 0.5) is 0 Å². The average molecular weight is 405 g/mol. The van der Waals surface area contributed by atoms with E-state index < -0.39 is 11.5 Å². The molecule has 0 saturated carbocycles. The Bertz CT molecular complexity index is 677. The number of esters is 2. The molecule has 3 rings (SSSR count). The van der Waals surface area contributed by atoms with Crippen LogP contribution in [-0.4, -0.2) is 35.4 Å². The van der Waals surface area contributed by atoms with Gasteiger partial charge in [0.1, 0.15) is 12.2 Å². The van der Waals surface area contributed by atoms with E-state index in [4.69, 9.17) is 9.47 Å². The van der Waals surface area contributed by atoms with Gasteiger partial charge < -0.3 is 14.6 Å². The van der Waals surface area contributed by atoms with Gasteiger partial charge in [-0.3, -0.25) is 9.59 Å². The Morgan fingerprint density at radius 2 is 2.10 bits per heavy atom. The lowest BCUT2D eigenvalue weighted by Gasteiger charge is -2.42. The number of ether oxygens (including phenoxy) is 2. The number of carbonyl (C=O) groups is 2. The maximum Gasteiger partial charge on any atom is 0.311 e. The van der Waals surface area contributed by atoms with E-state index in [0.29, 0.717) is 18.3 Å². The maximum atomic E-state index is 12.8. The third-order valence-electron chi connectivity index (χ3n) is 7.10. The van der Waals surface area contributed by atoms with Crippen LogP contribution in [0.25, 0.3) is 0 Å². The molecule has 0 amide bonds. The molecule has 0 aromatic rings. The van der Waals surface area contributed by atoms with E-state index in [0.717, 1.165) is 32.1 Å². The lowest BCUT2D eigenvalue weighted by atomic mass is 9.66. The Balaban J connectivity index is 1.72. The van der Waals surface area contributed by atoms with Gasteiger partial charge in [0, 0.05) is 12.3 Å². The van der Waals surface area contributed by atoms with Crippen LogP contribution >= 0.6 is 0 Å². The Morgan fingerprint density at radius 1 is 1.34 bits per heavy atom. The van der Waals surface area contributed by atoms with Gasteiger partial charge in [0.05, 0.1) is 17.9 Å². The zero-order valence-corrected chi connectivity index (χ0v) is 18.2. The van der Waals surface area contributed by atoms with Crippen molar-refractivity contribution in [1.82, 2.24) is 0 Å². The summed E-state index contributed by atoms with van der Waals surface area (Å²) in [5, 5.41) is 9.89. The highest BCUT2D eigenvalue weighted by Crippen LogP contribution is 2.44. The predicted octanol–water partition coefficient (Wildman–Crippen LogP) is 4.34. The van der Waals surface area contributed by atoms with E-state index in [1.807, 2.05) is 20.8 Å². The standard InChI is InChI=1S/C24H36O5/c1-5-24(3,4)23(27)29-20-8-6-7-16-10-9-15(2)19(22(16)20)12-11-18-13-17(25)14-21(26)28-18/h7,9-10,15,17-20,22,25H,5-6,8,11-14H2,1-4H3/t15-,17+,18+,19-,20-,22-/m0/s1. The van der Waals surface area contributed by atoms with Crippen molar-refractivity contribution >= 4 is 11.9 Å². The van der Waals surface area contributed by atoms with E-state index in [-0.39, 0.29) is 36.5 Å². The van der Waals surface area contributed by atoms with Crippen molar-refractivity contribution in [2.24, 2.45) is 23.2 Å². The lowest BCUT2D eigenvalue weighted by molar-refractivity contribution is -0.165. The number of carbonyl (C=O) groups excluding carboxylic acids is 2. The normalized spacial score (nSPS) is 34.8. The second-order valence-corrected chi connectivity index (χ2v) is 9.65. The molecule has 5 nitrogen and oxygen atoms in total. The fourth-order valence-electron chi connectivity index (χ4n) is 4.81. The number of fused-ring (bicyclic) bond motifs is 1. The minimum Gasteiger partial charge on any atom is -0.462 e. The zero-order valence-electron chi connectivity index (χ0n) is 18.2. The summed E-state index contributed by atoms with van der Waals surface area (Å²) < 4.78 is 11.5. The molecule has 5 heteroatoms. The van der Waals surface area contributed by atoms with Gasteiger partial charge in [-0.15, -0.1) is 0 Å². The topological polar surface area (TPSA) is 72.8 Å². The van der Waals surface area contributed by atoms with Gasteiger partial charge in [-0.1, -0.05) is 32.1 Å². The zero-order chi connectivity index (χ0) is 21.2. The van der Waals surface area contributed by atoms with Gasteiger partial charge >= 0.3 is 11.9 Å². The fourth-order valence-corrected chi connectivity index (χ4v) is 4.81. The highest BCUT2D eigenvalue weighted by molar-refractivity contribution is 5.76. The van der Waals surface area contributed by atoms with Crippen LogP contribution in [0.1, 0.15) is 72.6 Å². The first-order valence-electron chi connectivity index (χ1n) is 11.2. The summed E-state index contributed by atoms with van der Waals surface area (Å²) >= 11 is 0. The highest BCUT2D eigenvalue weighted by Gasteiger charge is 2.42. The van der Waals surface area contributed by atoms with E-state index in [2.05, 4.69) is 25.2 Å². The molecule has 1 aliphatic heterocycles. The predicted molar refractivity (Wildman–Crippen MR) is 111 cm³/mol. The van der Waals surface area contributed by atoms with E-state index in [9.17, 15) is 14.7 Å². The monoisotopic (exact) mass is 404 g/mol. The van der Waals surface area contributed by atoms with Gasteiger partial charge in [-0.25, -0.2) is 0 Å². The van der Waals surface area contributed by atoms with Crippen LogP contribution in [0.15, 0.2) is 23.8 Å². The molecule has 0 aromatic carbocycles. The van der Waals surface area contributed by atoms with Crippen molar-refractivity contribution in [3.63, 3.8) is 0 Å². The van der Waals surface area contributed by atoms with Gasteiger partial charge in [0.2, 0.25) is 0 Å². The Hall–Kier alpha value is -1.62.